The maximum Gasteiger partial charge on any atom is 0.239 e. The number of amides is 1. The van der Waals surface area contributed by atoms with Gasteiger partial charge in [-0.25, -0.2) is 0 Å². The summed E-state index contributed by atoms with van der Waals surface area (Å²) in [6.45, 7) is 1.99. The van der Waals surface area contributed by atoms with Crippen LogP contribution >= 0.6 is 0 Å². The summed E-state index contributed by atoms with van der Waals surface area (Å²) in [5.74, 6) is 0.349. The first kappa shape index (κ1) is 17.9. The summed E-state index contributed by atoms with van der Waals surface area (Å²) in [6, 6.07) is 12.0. The van der Waals surface area contributed by atoms with E-state index in [1.165, 1.54) is 4.68 Å². The predicted octanol–water partition coefficient (Wildman–Crippen LogP) is 1.92. The van der Waals surface area contributed by atoms with Crippen LogP contribution in [0.1, 0.15) is 17.1 Å². The number of primary amides is 1. The van der Waals surface area contributed by atoms with Crippen LogP contribution in [0.4, 0.5) is 0 Å². The Kier molecular flexibility index (Phi) is 4.20. The number of nitrogens with zero attached hydrogens (tertiary/aromatic N) is 7. The summed E-state index contributed by atoms with van der Waals surface area (Å²) in [5, 5.41) is 18.2. The van der Waals surface area contributed by atoms with Gasteiger partial charge in [0.15, 0.2) is 11.5 Å². The van der Waals surface area contributed by atoms with Crippen LogP contribution < -0.4 is 5.73 Å². The number of rotatable bonds is 5. The molecule has 0 unspecified atom stereocenters. The molecule has 148 valence electrons. The van der Waals surface area contributed by atoms with Crippen molar-refractivity contribution in [2.75, 3.05) is 0 Å². The van der Waals surface area contributed by atoms with Crippen molar-refractivity contribution in [2.24, 2.45) is 5.73 Å². The molecule has 0 aliphatic carbocycles. The molecule has 1 aromatic carbocycles. The second-order valence-corrected chi connectivity index (χ2v) is 7.18. The highest BCUT2D eigenvalue weighted by Gasteiger charge is 2.10. The lowest BCUT2D eigenvalue weighted by atomic mass is 10.0. The van der Waals surface area contributed by atoms with Crippen LogP contribution in [0.2, 0.25) is 0 Å². The number of aromatic nitrogens is 7. The normalized spacial score (nSPS) is 11.4. The Bertz CT molecular complexity index is 1400. The molecular formula is C21H18N8O. The molecule has 1 amide bonds. The molecule has 5 aromatic rings. The number of nitrogens with two attached hydrogens (primary N) is 1. The Morgan fingerprint density at radius 1 is 1.07 bits per heavy atom. The van der Waals surface area contributed by atoms with Gasteiger partial charge in [-0.2, -0.15) is 14.7 Å². The van der Waals surface area contributed by atoms with Crippen LogP contribution in [0.15, 0.2) is 55.0 Å². The van der Waals surface area contributed by atoms with Crippen molar-refractivity contribution >= 4 is 22.5 Å². The summed E-state index contributed by atoms with van der Waals surface area (Å²) in [7, 11) is 0. The van der Waals surface area contributed by atoms with Crippen LogP contribution in [-0.2, 0) is 17.8 Å². The third kappa shape index (κ3) is 3.37. The molecular weight excluding hydrogens is 380 g/mol. The van der Waals surface area contributed by atoms with Crippen molar-refractivity contribution in [3.8, 4) is 11.1 Å². The fourth-order valence-corrected chi connectivity index (χ4v) is 3.43. The van der Waals surface area contributed by atoms with Crippen LogP contribution in [0, 0.1) is 6.92 Å². The summed E-state index contributed by atoms with van der Waals surface area (Å²) >= 11 is 0. The molecule has 0 saturated heterocycles. The molecule has 0 atom stereocenters. The second kappa shape index (κ2) is 7.03. The van der Waals surface area contributed by atoms with E-state index in [2.05, 4.69) is 37.5 Å². The van der Waals surface area contributed by atoms with Gasteiger partial charge in [0.2, 0.25) is 5.91 Å². The average Bonchev–Trinajstić information content (AvgIpc) is 3.34. The molecule has 9 nitrogen and oxygen atoms in total. The van der Waals surface area contributed by atoms with Crippen LogP contribution in [-0.4, -0.2) is 40.5 Å². The zero-order valence-electron chi connectivity index (χ0n) is 16.2. The van der Waals surface area contributed by atoms with Gasteiger partial charge in [0.1, 0.15) is 6.54 Å². The molecule has 0 radical (unpaired) electrons. The van der Waals surface area contributed by atoms with Gasteiger partial charge in [-0.3, -0.25) is 14.5 Å². The second-order valence-electron chi connectivity index (χ2n) is 7.18. The minimum absolute atomic E-state index is 0.0466. The number of aryl methyl sites for hydroxylation is 1. The number of hydrogen-bond acceptors (Lipinski definition) is 6. The molecule has 30 heavy (non-hydrogen) atoms. The van der Waals surface area contributed by atoms with Crippen molar-refractivity contribution in [1.29, 1.82) is 0 Å². The average molecular weight is 398 g/mol. The first-order valence-corrected chi connectivity index (χ1v) is 9.43. The lowest BCUT2D eigenvalue weighted by molar-refractivity contribution is -0.118. The van der Waals surface area contributed by atoms with Gasteiger partial charge < -0.3 is 5.73 Å². The van der Waals surface area contributed by atoms with Crippen LogP contribution in [0.3, 0.4) is 0 Å². The van der Waals surface area contributed by atoms with E-state index < -0.39 is 5.91 Å². The van der Waals surface area contributed by atoms with Gasteiger partial charge in [0.25, 0.3) is 0 Å². The SMILES string of the molecule is Cc1ccc2nnc(Cc3ccc4ncc(-c5cnn(CC(N)=O)c5)cc4c3)n2n1. The molecule has 0 bridgehead atoms. The number of pyridine rings is 1. The number of carbonyl (C=O) groups is 1. The molecule has 0 aliphatic rings. The van der Waals surface area contributed by atoms with Crippen LogP contribution in [0.25, 0.3) is 27.7 Å². The van der Waals surface area contributed by atoms with E-state index in [0.717, 1.165) is 44.8 Å². The summed E-state index contributed by atoms with van der Waals surface area (Å²) in [6.07, 6.45) is 5.89. The van der Waals surface area contributed by atoms with Crippen molar-refractivity contribution in [1.82, 2.24) is 34.6 Å². The van der Waals surface area contributed by atoms with Crippen molar-refractivity contribution in [3.63, 3.8) is 0 Å². The topological polar surface area (TPSA) is 117 Å². The van der Waals surface area contributed by atoms with Crippen molar-refractivity contribution < 1.29 is 4.79 Å². The molecule has 0 saturated carbocycles. The third-order valence-corrected chi connectivity index (χ3v) is 4.85. The van der Waals surface area contributed by atoms with E-state index in [1.807, 2.05) is 31.2 Å². The number of fused-ring (bicyclic) bond motifs is 2. The molecule has 4 aromatic heterocycles. The Morgan fingerprint density at radius 3 is 2.83 bits per heavy atom. The largest absolute Gasteiger partial charge is 0.368 e. The van der Waals surface area contributed by atoms with E-state index in [9.17, 15) is 4.79 Å². The lowest BCUT2D eigenvalue weighted by Gasteiger charge is -2.05. The smallest absolute Gasteiger partial charge is 0.239 e. The van der Waals surface area contributed by atoms with E-state index in [4.69, 9.17) is 5.73 Å². The number of hydrogen-bond donors (Lipinski definition) is 1. The fraction of sp³-hybridized carbons (Fsp3) is 0.143. The van der Waals surface area contributed by atoms with E-state index >= 15 is 0 Å². The van der Waals surface area contributed by atoms with E-state index in [0.29, 0.717) is 6.42 Å². The van der Waals surface area contributed by atoms with Crippen molar-refractivity contribution in [3.05, 3.63) is 72.1 Å². The van der Waals surface area contributed by atoms with Gasteiger partial charge in [-0.05, 0) is 42.8 Å². The maximum atomic E-state index is 11.1. The summed E-state index contributed by atoms with van der Waals surface area (Å²) in [4.78, 5) is 15.6. The zero-order valence-corrected chi connectivity index (χ0v) is 16.2. The minimum Gasteiger partial charge on any atom is -0.368 e. The van der Waals surface area contributed by atoms with E-state index in [-0.39, 0.29) is 6.54 Å². The quantitative estimate of drug-likeness (QED) is 0.483. The van der Waals surface area contributed by atoms with Gasteiger partial charge in [0, 0.05) is 35.3 Å². The molecule has 5 rings (SSSR count). The van der Waals surface area contributed by atoms with Gasteiger partial charge in [-0.1, -0.05) is 6.07 Å². The number of carbonyl (C=O) groups excluding carboxylic acids is 1. The minimum atomic E-state index is -0.434. The highest BCUT2D eigenvalue weighted by molar-refractivity contribution is 5.84. The molecule has 0 spiro atoms. The lowest BCUT2D eigenvalue weighted by Crippen LogP contribution is -2.18. The van der Waals surface area contributed by atoms with Gasteiger partial charge in [-0.15, -0.1) is 10.2 Å². The first-order chi connectivity index (χ1) is 14.5. The molecule has 0 fully saturated rings. The van der Waals surface area contributed by atoms with Crippen LogP contribution in [0.5, 0.6) is 0 Å². The third-order valence-electron chi connectivity index (χ3n) is 4.85. The Labute approximate surface area is 171 Å². The predicted molar refractivity (Wildman–Crippen MR) is 110 cm³/mol. The molecule has 2 N–H and O–H groups in total. The highest BCUT2D eigenvalue weighted by Crippen LogP contribution is 2.24. The highest BCUT2D eigenvalue weighted by atomic mass is 16.1. The Balaban J connectivity index is 1.48. The summed E-state index contributed by atoms with van der Waals surface area (Å²) < 4.78 is 3.30. The zero-order chi connectivity index (χ0) is 20.7. The molecule has 9 heteroatoms. The number of benzene rings is 1. The summed E-state index contributed by atoms with van der Waals surface area (Å²) in [5.41, 5.74) is 10.6. The van der Waals surface area contributed by atoms with Gasteiger partial charge in [0.05, 0.1) is 17.4 Å². The van der Waals surface area contributed by atoms with Crippen molar-refractivity contribution in [2.45, 2.75) is 19.9 Å². The molecule has 4 heterocycles. The maximum absolute atomic E-state index is 11.1. The van der Waals surface area contributed by atoms with E-state index in [1.54, 1.807) is 23.1 Å². The van der Waals surface area contributed by atoms with Gasteiger partial charge >= 0.3 is 0 Å². The fourth-order valence-electron chi connectivity index (χ4n) is 3.43. The first-order valence-electron chi connectivity index (χ1n) is 9.43. The Hall–Kier alpha value is -4.14. The Morgan fingerprint density at radius 2 is 1.97 bits per heavy atom. The monoisotopic (exact) mass is 398 g/mol. The standard InChI is InChI=1S/C21H18N8O/c1-13-2-5-20-25-26-21(29(20)27-13)7-14-3-4-18-15(6-14)8-16(9-23-18)17-10-24-28(11-17)12-19(22)30/h2-6,8-11H,7,12H2,1H3,(H2,22,30). The molecule has 0 aliphatic heterocycles.